The number of amides is 1. The Morgan fingerprint density at radius 3 is 2.31 bits per heavy atom. The summed E-state index contributed by atoms with van der Waals surface area (Å²) in [6.45, 7) is 8.77. The Morgan fingerprint density at radius 2 is 1.88 bits per heavy atom. The Labute approximate surface area is 101 Å². The zero-order valence-corrected chi connectivity index (χ0v) is 11.5. The van der Waals surface area contributed by atoms with Gasteiger partial charge in [-0.05, 0) is 25.8 Å². The molecule has 1 amide bonds. The van der Waals surface area contributed by atoms with Crippen molar-refractivity contribution in [3.05, 3.63) is 0 Å². The number of hydrogen-bond acceptors (Lipinski definition) is 3. The van der Waals surface area contributed by atoms with Crippen molar-refractivity contribution < 1.29 is 9.00 Å². The van der Waals surface area contributed by atoms with E-state index in [-0.39, 0.29) is 11.2 Å². The lowest BCUT2D eigenvalue weighted by atomic mass is 10.2. The van der Waals surface area contributed by atoms with E-state index >= 15 is 0 Å². The van der Waals surface area contributed by atoms with Gasteiger partial charge in [-0.1, -0.05) is 20.8 Å². The first-order valence-electron chi connectivity index (χ1n) is 5.77. The maximum absolute atomic E-state index is 11.9. The van der Waals surface area contributed by atoms with Gasteiger partial charge in [-0.25, -0.2) is 0 Å². The minimum atomic E-state index is -1.15. The van der Waals surface area contributed by atoms with Crippen LogP contribution in [-0.2, 0) is 15.6 Å². The van der Waals surface area contributed by atoms with Crippen LogP contribution in [0, 0.1) is 5.92 Å². The Balaban J connectivity index is 4.16. The standard InChI is InChI=1S/C11H24N2O2S/c1-8(2)7-13-11(14)10(4)16(15)9(3)5-6-12/h8-10H,5-7,12H2,1-4H3,(H,13,14). The van der Waals surface area contributed by atoms with Crippen molar-refractivity contribution in [3.63, 3.8) is 0 Å². The highest BCUT2D eigenvalue weighted by Crippen LogP contribution is 2.07. The minimum Gasteiger partial charge on any atom is -0.355 e. The van der Waals surface area contributed by atoms with E-state index in [4.69, 9.17) is 5.73 Å². The van der Waals surface area contributed by atoms with Crippen LogP contribution in [0.15, 0.2) is 0 Å². The lowest BCUT2D eigenvalue weighted by molar-refractivity contribution is -0.120. The average Bonchev–Trinajstić information content (AvgIpc) is 2.23. The molecule has 0 bridgehead atoms. The summed E-state index contributed by atoms with van der Waals surface area (Å²) in [5.41, 5.74) is 5.41. The van der Waals surface area contributed by atoms with Crippen molar-refractivity contribution in [2.45, 2.75) is 44.6 Å². The van der Waals surface area contributed by atoms with Gasteiger partial charge in [0.25, 0.3) is 0 Å². The normalized spacial score (nSPS) is 16.9. The smallest absolute Gasteiger partial charge is 0.235 e. The van der Waals surface area contributed by atoms with Gasteiger partial charge in [0.1, 0.15) is 5.25 Å². The summed E-state index contributed by atoms with van der Waals surface area (Å²) in [7, 11) is -1.15. The average molecular weight is 248 g/mol. The van der Waals surface area contributed by atoms with Crippen molar-refractivity contribution >= 4 is 16.7 Å². The van der Waals surface area contributed by atoms with E-state index in [1.54, 1.807) is 6.92 Å². The van der Waals surface area contributed by atoms with Crippen LogP contribution in [0.5, 0.6) is 0 Å². The van der Waals surface area contributed by atoms with E-state index < -0.39 is 16.0 Å². The number of nitrogens with two attached hydrogens (primary N) is 1. The Morgan fingerprint density at radius 1 is 1.31 bits per heavy atom. The molecule has 0 saturated carbocycles. The van der Waals surface area contributed by atoms with Gasteiger partial charge in [-0.3, -0.25) is 9.00 Å². The van der Waals surface area contributed by atoms with Crippen LogP contribution in [0.25, 0.3) is 0 Å². The third kappa shape index (κ3) is 5.61. The quantitative estimate of drug-likeness (QED) is 0.694. The molecule has 96 valence electrons. The van der Waals surface area contributed by atoms with Gasteiger partial charge < -0.3 is 11.1 Å². The molecule has 0 saturated heterocycles. The third-order valence-electron chi connectivity index (χ3n) is 2.37. The SMILES string of the molecule is CC(C)CNC(=O)C(C)S(=O)C(C)CCN. The zero-order valence-electron chi connectivity index (χ0n) is 10.7. The van der Waals surface area contributed by atoms with E-state index in [9.17, 15) is 9.00 Å². The summed E-state index contributed by atoms with van der Waals surface area (Å²) in [6, 6.07) is 0. The molecule has 0 radical (unpaired) electrons. The van der Waals surface area contributed by atoms with E-state index in [2.05, 4.69) is 5.32 Å². The first kappa shape index (κ1) is 15.6. The number of hydrogen-bond donors (Lipinski definition) is 2. The van der Waals surface area contributed by atoms with Gasteiger partial charge in [-0.15, -0.1) is 0 Å². The number of carbonyl (C=O) groups excluding carboxylic acids is 1. The van der Waals surface area contributed by atoms with E-state index in [1.807, 2.05) is 20.8 Å². The molecular formula is C11H24N2O2S. The summed E-state index contributed by atoms with van der Waals surface area (Å²) in [5.74, 6) is 0.280. The molecule has 0 aliphatic rings. The highest BCUT2D eigenvalue weighted by molar-refractivity contribution is 7.87. The molecule has 0 aromatic rings. The summed E-state index contributed by atoms with van der Waals surface area (Å²) < 4.78 is 11.9. The molecule has 0 aliphatic heterocycles. The van der Waals surface area contributed by atoms with Crippen LogP contribution in [0.3, 0.4) is 0 Å². The lowest BCUT2D eigenvalue weighted by Crippen LogP contribution is -2.40. The van der Waals surface area contributed by atoms with Gasteiger partial charge in [0.2, 0.25) is 5.91 Å². The Hall–Kier alpha value is -0.420. The van der Waals surface area contributed by atoms with Gasteiger partial charge in [0.15, 0.2) is 0 Å². The van der Waals surface area contributed by atoms with E-state index in [0.29, 0.717) is 25.4 Å². The van der Waals surface area contributed by atoms with Crippen LogP contribution >= 0.6 is 0 Å². The summed E-state index contributed by atoms with van der Waals surface area (Å²) in [4.78, 5) is 11.7. The fourth-order valence-corrected chi connectivity index (χ4v) is 2.61. The molecular weight excluding hydrogens is 224 g/mol. The molecule has 3 unspecified atom stereocenters. The van der Waals surface area contributed by atoms with Crippen molar-refractivity contribution in [1.29, 1.82) is 0 Å². The predicted molar refractivity (Wildman–Crippen MR) is 68.6 cm³/mol. The summed E-state index contributed by atoms with van der Waals surface area (Å²) >= 11 is 0. The van der Waals surface area contributed by atoms with E-state index in [1.165, 1.54) is 0 Å². The van der Waals surface area contributed by atoms with Gasteiger partial charge in [0.05, 0.1) is 0 Å². The first-order valence-corrected chi connectivity index (χ1v) is 7.04. The largest absolute Gasteiger partial charge is 0.355 e. The van der Waals surface area contributed by atoms with Crippen LogP contribution in [0.2, 0.25) is 0 Å². The zero-order chi connectivity index (χ0) is 12.7. The van der Waals surface area contributed by atoms with Crippen LogP contribution in [0.4, 0.5) is 0 Å². The van der Waals surface area contributed by atoms with Crippen molar-refractivity contribution in [2.24, 2.45) is 11.7 Å². The second kappa shape index (κ2) is 7.79. The number of carbonyl (C=O) groups is 1. The summed E-state index contributed by atoms with van der Waals surface area (Å²) in [5, 5.41) is 2.32. The van der Waals surface area contributed by atoms with Gasteiger partial charge >= 0.3 is 0 Å². The van der Waals surface area contributed by atoms with Crippen LogP contribution in [-0.4, -0.2) is 33.7 Å². The molecule has 0 aromatic heterocycles. The number of rotatable bonds is 7. The van der Waals surface area contributed by atoms with Gasteiger partial charge in [0, 0.05) is 22.6 Å². The van der Waals surface area contributed by atoms with Gasteiger partial charge in [-0.2, -0.15) is 0 Å². The Kier molecular flexibility index (Phi) is 7.58. The first-order chi connectivity index (χ1) is 7.40. The molecule has 0 heterocycles. The monoisotopic (exact) mass is 248 g/mol. The molecule has 3 N–H and O–H groups in total. The van der Waals surface area contributed by atoms with Crippen molar-refractivity contribution in [1.82, 2.24) is 5.32 Å². The fraction of sp³-hybridized carbons (Fsp3) is 0.909. The molecule has 0 spiro atoms. The Bertz CT molecular complexity index is 244. The highest BCUT2D eigenvalue weighted by Gasteiger charge is 2.23. The molecule has 0 rings (SSSR count). The van der Waals surface area contributed by atoms with Crippen LogP contribution in [0.1, 0.15) is 34.1 Å². The summed E-state index contributed by atoms with van der Waals surface area (Å²) in [6.07, 6.45) is 0.689. The molecule has 5 heteroatoms. The minimum absolute atomic E-state index is 0.0233. The maximum atomic E-state index is 11.9. The third-order valence-corrected chi connectivity index (χ3v) is 4.31. The van der Waals surface area contributed by atoms with Crippen molar-refractivity contribution in [3.8, 4) is 0 Å². The van der Waals surface area contributed by atoms with Crippen LogP contribution < -0.4 is 11.1 Å². The highest BCUT2D eigenvalue weighted by atomic mass is 32.2. The fourth-order valence-electron chi connectivity index (χ4n) is 1.25. The molecule has 4 nitrogen and oxygen atoms in total. The van der Waals surface area contributed by atoms with Crippen molar-refractivity contribution in [2.75, 3.05) is 13.1 Å². The van der Waals surface area contributed by atoms with E-state index in [0.717, 1.165) is 0 Å². The molecule has 0 aromatic carbocycles. The molecule has 16 heavy (non-hydrogen) atoms. The molecule has 0 aliphatic carbocycles. The maximum Gasteiger partial charge on any atom is 0.235 e. The number of nitrogens with one attached hydrogen (secondary N) is 1. The second-order valence-corrected chi connectivity index (χ2v) is 6.67. The lowest BCUT2D eigenvalue weighted by Gasteiger charge is -2.17. The predicted octanol–water partition coefficient (Wildman–Crippen LogP) is 0.633. The molecule has 3 atom stereocenters. The molecule has 0 fully saturated rings. The second-order valence-electron chi connectivity index (χ2n) is 4.50. The topological polar surface area (TPSA) is 72.2 Å².